The molecule has 0 saturated heterocycles. The smallest absolute Gasteiger partial charge is 0.119 e. The molecule has 0 bridgehead atoms. The summed E-state index contributed by atoms with van der Waals surface area (Å²) < 4.78 is 5.36. The van der Waals surface area contributed by atoms with Gasteiger partial charge in [-0.1, -0.05) is 43.7 Å². The van der Waals surface area contributed by atoms with Crippen molar-refractivity contribution in [2.75, 3.05) is 30.0 Å². The van der Waals surface area contributed by atoms with Crippen LogP contribution in [-0.2, 0) is 5.41 Å². The molecule has 0 unspecified atom stereocenters. The van der Waals surface area contributed by atoms with E-state index in [2.05, 4.69) is 117 Å². The number of hydrogen-bond acceptors (Lipinski definition) is 3. The summed E-state index contributed by atoms with van der Waals surface area (Å²) >= 11 is 0. The van der Waals surface area contributed by atoms with Crippen LogP contribution in [0.2, 0.25) is 0 Å². The molecule has 3 heteroatoms. The lowest BCUT2D eigenvalue weighted by Gasteiger charge is -2.28. The quantitative estimate of drug-likeness (QED) is 0.265. The Morgan fingerprint density at radius 3 is 1.44 bits per heavy atom. The van der Waals surface area contributed by atoms with Gasteiger partial charge in [0.25, 0.3) is 0 Å². The maximum atomic E-state index is 5.36. The van der Waals surface area contributed by atoms with Crippen molar-refractivity contribution in [1.29, 1.82) is 0 Å². The molecule has 0 atom stereocenters. The molecular formula is C33H36N2O. The highest BCUT2D eigenvalue weighted by atomic mass is 16.5. The molecule has 0 aliphatic heterocycles. The van der Waals surface area contributed by atoms with Gasteiger partial charge in [-0.15, -0.1) is 0 Å². The Balaban J connectivity index is 1.52. The molecule has 0 saturated carbocycles. The Labute approximate surface area is 216 Å². The lowest BCUT2D eigenvalue weighted by atomic mass is 9.82. The standard InChI is InChI=1S/C33H36N2O/c1-7-34(24-11-9-23(3)10-12-24)26-15-19-29-30-20-16-27(22-32(30)33(4,5)31(29)21-26)35(8-2)25-13-17-28(36-6)18-14-25/h9-22H,7-8H2,1-6H3. The van der Waals surface area contributed by atoms with Gasteiger partial charge in [0.1, 0.15) is 5.75 Å². The maximum Gasteiger partial charge on any atom is 0.119 e. The summed E-state index contributed by atoms with van der Waals surface area (Å²) in [5.41, 5.74) is 11.5. The van der Waals surface area contributed by atoms with Gasteiger partial charge in [-0.05, 0) is 104 Å². The minimum absolute atomic E-state index is 0.0807. The van der Waals surface area contributed by atoms with Gasteiger partial charge < -0.3 is 14.5 Å². The van der Waals surface area contributed by atoms with Crippen LogP contribution in [0.1, 0.15) is 44.4 Å². The molecule has 0 fully saturated rings. The molecule has 0 spiro atoms. The fourth-order valence-corrected chi connectivity index (χ4v) is 5.56. The maximum absolute atomic E-state index is 5.36. The Bertz CT molecular complexity index is 1370. The third-order valence-corrected chi connectivity index (χ3v) is 7.63. The summed E-state index contributed by atoms with van der Waals surface area (Å²) in [6, 6.07) is 31.1. The third-order valence-electron chi connectivity index (χ3n) is 7.63. The Morgan fingerprint density at radius 1 is 0.611 bits per heavy atom. The number of methoxy groups -OCH3 is 1. The molecule has 0 aromatic heterocycles. The highest BCUT2D eigenvalue weighted by Crippen LogP contribution is 2.51. The van der Waals surface area contributed by atoms with Crippen molar-refractivity contribution in [2.45, 2.75) is 40.0 Å². The van der Waals surface area contributed by atoms with Crippen molar-refractivity contribution in [2.24, 2.45) is 0 Å². The second kappa shape index (κ2) is 9.39. The molecule has 1 aliphatic carbocycles. The summed E-state index contributed by atoms with van der Waals surface area (Å²) in [6.07, 6.45) is 0. The van der Waals surface area contributed by atoms with E-state index in [-0.39, 0.29) is 5.41 Å². The summed E-state index contributed by atoms with van der Waals surface area (Å²) in [5.74, 6) is 0.878. The lowest BCUT2D eigenvalue weighted by Crippen LogP contribution is -2.20. The first kappa shape index (κ1) is 24.0. The minimum atomic E-state index is -0.0807. The number of hydrogen-bond donors (Lipinski definition) is 0. The van der Waals surface area contributed by atoms with Gasteiger partial charge >= 0.3 is 0 Å². The van der Waals surface area contributed by atoms with E-state index >= 15 is 0 Å². The predicted molar refractivity (Wildman–Crippen MR) is 154 cm³/mol. The molecule has 0 heterocycles. The van der Waals surface area contributed by atoms with E-state index < -0.39 is 0 Å². The molecule has 0 N–H and O–H groups in total. The van der Waals surface area contributed by atoms with Crippen LogP contribution >= 0.6 is 0 Å². The number of anilines is 4. The molecule has 4 aromatic rings. The number of ether oxygens (including phenoxy) is 1. The largest absolute Gasteiger partial charge is 0.497 e. The number of aryl methyl sites for hydroxylation is 1. The van der Waals surface area contributed by atoms with Crippen molar-refractivity contribution >= 4 is 22.7 Å². The van der Waals surface area contributed by atoms with Crippen LogP contribution in [0, 0.1) is 6.92 Å². The van der Waals surface area contributed by atoms with E-state index in [0.717, 1.165) is 18.8 Å². The third kappa shape index (κ3) is 4.03. The van der Waals surface area contributed by atoms with Crippen molar-refractivity contribution in [1.82, 2.24) is 0 Å². The number of nitrogens with zero attached hydrogens (tertiary/aromatic N) is 2. The second-order valence-electron chi connectivity index (χ2n) is 10.1. The molecular weight excluding hydrogens is 440 g/mol. The monoisotopic (exact) mass is 476 g/mol. The van der Waals surface area contributed by atoms with E-state index in [4.69, 9.17) is 4.74 Å². The van der Waals surface area contributed by atoms with Crippen LogP contribution in [0.3, 0.4) is 0 Å². The van der Waals surface area contributed by atoms with Crippen molar-refractivity contribution in [3.8, 4) is 16.9 Å². The van der Waals surface area contributed by atoms with Gasteiger partial charge in [0, 0.05) is 41.3 Å². The van der Waals surface area contributed by atoms with Crippen LogP contribution in [0.25, 0.3) is 11.1 Å². The molecule has 3 nitrogen and oxygen atoms in total. The van der Waals surface area contributed by atoms with E-state index in [1.807, 2.05) is 12.1 Å². The number of benzene rings is 4. The van der Waals surface area contributed by atoms with E-state index in [9.17, 15) is 0 Å². The van der Waals surface area contributed by atoms with Crippen molar-refractivity contribution in [3.05, 3.63) is 102 Å². The van der Waals surface area contributed by atoms with Crippen LogP contribution in [0.4, 0.5) is 22.7 Å². The molecule has 1 aliphatic rings. The first-order valence-corrected chi connectivity index (χ1v) is 12.9. The van der Waals surface area contributed by atoms with Gasteiger partial charge in [-0.25, -0.2) is 0 Å². The van der Waals surface area contributed by atoms with Crippen molar-refractivity contribution in [3.63, 3.8) is 0 Å². The summed E-state index contributed by atoms with van der Waals surface area (Å²) in [4.78, 5) is 4.76. The topological polar surface area (TPSA) is 15.7 Å². The van der Waals surface area contributed by atoms with Crippen LogP contribution in [0.5, 0.6) is 5.75 Å². The normalized spacial score (nSPS) is 13.2. The van der Waals surface area contributed by atoms with Crippen LogP contribution < -0.4 is 14.5 Å². The van der Waals surface area contributed by atoms with E-state index in [1.54, 1.807) is 7.11 Å². The molecule has 0 radical (unpaired) electrons. The zero-order valence-corrected chi connectivity index (χ0v) is 22.3. The van der Waals surface area contributed by atoms with Gasteiger partial charge in [0.05, 0.1) is 7.11 Å². The Morgan fingerprint density at radius 2 is 1.03 bits per heavy atom. The Kier molecular flexibility index (Phi) is 6.26. The zero-order valence-electron chi connectivity index (χ0n) is 22.3. The minimum Gasteiger partial charge on any atom is -0.497 e. The fraction of sp³-hybridized carbons (Fsp3) is 0.273. The van der Waals surface area contributed by atoms with E-state index in [0.29, 0.717) is 0 Å². The summed E-state index contributed by atoms with van der Waals surface area (Å²) in [5, 5.41) is 0. The lowest BCUT2D eigenvalue weighted by molar-refractivity contribution is 0.415. The molecule has 184 valence electrons. The highest BCUT2D eigenvalue weighted by molar-refractivity contribution is 5.85. The van der Waals surface area contributed by atoms with Crippen LogP contribution in [0.15, 0.2) is 84.9 Å². The van der Waals surface area contributed by atoms with Crippen molar-refractivity contribution < 1.29 is 4.74 Å². The summed E-state index contributed by atoms with van der Waals surface area (Å²) in [6.45, 7) is 13.1. The Hall–Kier alpha value is -3.72. The van der Waals surface area contributed by atoms with Gasteiger partial charge in [0.2, 0.25) is 0 Å². The highest BCUT2D eigenvalue weighted by Gasteiger charge is 2.36. The molecule has 36 heavy (non-hydrogen) atoms. The average molecular weight is 477 g/mol. The second-order valence-corrected chi connectivity index (χ2v) is 10.1. The first-order chi connectivity index (χ1) is 17.4. The van der Waals surface area contributed by atoms with Crippen LogP contribution in [-0.4, -0.2) is 20.2 Å². The average Bonchev–Trinajstić information content (AvgIpc) is 3.12. The number of fused-ring (bicyclic) bond motifs is 3. The number of rotatable bonds is 7. The fourth-order valence-electron chi connectivity index (χ4n) is 5.56. The zero-order chi connectivity index (χ0) is 25.4. The molecule has 0 amide bonds. The van der Waals surface area contributed by atoms with Gasteiger partial charge in [0.15, 0.2) is 0 Å². The first-order valence-electron chi connectivity index (χ1n) is 12.9. The van der Waals surface area contributed by atoms with Gasteiger partial charge in [-0.2, -0.15) is 0 Å². The molecule has 4 aromatic carbocycles. The SMILES string of the molecule is CCN(c1ccc(C)cc1)c1ccc2c(c1)C(C)(C)c1cc(N(CC)c3ccc(OC)cc3)ccc1-2. The van der Waals surface area contributed by atoms with Gasteiger partial charge in [-0.3, -0.25) is 0 Å². The predicted octanol–water partition coefficient (Wildman–Crippen LogP) is 8.63. The van der Waals surface area contributed by atoms with E-state index in [1.165, 1.54) is 50.6 Å². The summed E-state index contributed by atoms with van der Waals surface area (Å²) in [7, 11) is 1.71. The molecule has 5 rings (SSSR count).